The van der Waals surface area contributed by atoms with Gasteiger partial charge in [0, 0.05) is 18.7 Å². The Balaban J connectivity index is 1.94. The molecule has 0 bridgehead atoms. The van der Waals surface area contributed by atoms with Crippen LogP contribution in [-0.4, -0.2) is 31.2 Å². The first-order chi connectivity index (χ1) is 7.74. The Morgan fingerprint density at radius 3 is 3.12 bits per heavy atom. The van der Waals surface area contributed by atoms with Gasteiger partial charge in [0.2, 0.25) is 0 Å². The number of carbonyl (C=O) groups is 1. The second kappa shape index (κ2) is 4.56. The zero-order valence-electron chi connectivity index (χ0n) is 8.41. The molecule has 16 heavy (non-hydrogen) atoms. The topological polar surface area (TPSA) is 94.0 Å². The van der Waals surface area contributed by atoms with Crippen LogP contribution in [0.1, 0.15) is 17.9 Å². The summed E-state index contributed by atoms with van der Waals surface area (Å²) >= 11 is 0. The van der Waals surface area contributed by atoms with E-state index in [-0.39, 0.29) is 6.42 Å². The highest BCUT2D eigenvalue weighted by molar-refractivity contribution is 5.66. The number of carboxylic acid groups (broad SMARTS) is 1. The van der Waals surface area contributed by atoms with Gasteiger partial charge in [-0.3, -0.25) is 4.79 Å². The third-order valence-corrected chi connectivity index (χ3v) is 1.99. The van der Waals surface area contributed by atoms with E-state index in [4.69, 9.17) is 9.63 Å². The van der Waals surface area contributed by atoms with Gasteiger partial charge in [-0.1, -0.05) is 10.4 Å². The van der Waals surface area contributed by atoms with E-state index in [1.54, 1.807) is 23.1 Å². The number of aliphatic carboxylic acids is 1. The molecule has 7 nitrogen and oxygen atoms in total. The van der Waals surface area contributed by atoms with Gasteiger partial charge in [0.05, 0.1) is 18.3 Å². The van der Waals surface area contributed by atoms with Crippen molar-refractivity contribution in [1.82, 2.24) is 20.2 Å². The smallest absolute Gasteiger partial charge is 0.303 e. The number of aryl methyl sites for hydroxylation is 1. The zero-order chi connectivity index (χ0) is 11.4. The summed E-state index contributed by atoms with van der Waals surface area (Å²) in [5, 5.41) is 19.8. The van der Waals surface area contributed by atoms with E-state index in [9.17, 15) is 4.79 Å². The Labute approximate surface area is 90.7 Å². The summed E-state index contributed by atoms with van der Waals surface area (Å²) in [7, 11) is 0. The highest BCUT2D eigenvalue weighted by Gasteiger charge is 2.05. The van der Waals surface area contributed by atoms with E-state index in [1.807, 2.05) is 0 Å². The van der Waals surface area contributed by atoms with E-state index >= 15 is 0 Å². The maximum absolute atomic E-state index is 10.4. The minimum Gasteiger partial charge on any atom is -0.481 e. The van der Waals surface area contributed by atoms with Crippen molar-refractivity contribution in [3.63, 3.8) is 0 Å². The number of aromatic nitrogens is 4. The first-order valence-corrected chi connectivity index (χ1v) is 4.74. The molecule has 0 radical (unpaired) electrons. The van der Waals surface area contributed by atoms with Crippen molar-refractivity contribution < 1.29 is 14.4 Å². The molecular formula is C9H10N4O3. The molecule has 0 fully saturated rings. The Bertz CT molecular complexity index is 463. The molecule has 2 heterocycles. The minimum absolute atomic E-state index is 0.0565. The zero-order valence-corrected chi connectivity index (χ0v) is 8.41. The van der Waals surface area contributed by atoms with Crippen molar-refractivity contribution in [2.75, 3.05) is 0 Å². The highest BCUT2D eigenvalue weighted by atomic mass is 16.5. The number of nitrogens with zero attached hydrogens (tertiary/aromatic N) is 4. The largest absolute Gasteiger partial charge is 0.481 e. The molecule has 0 amide bonds. The fourth-order valence-corrected chi connectivity index (χ4v) is 1.25. The molecular weight excluding hydrogens is 212 g/mol. The minimum atomic E-state index is -0.843. The third kappa shape index (κ3) is 2.66. The monoisotopic (exact) mass is 222 g/mol. The van der Waals surface area contributed by atoms with Gasteiger partial charge in [-0.2, -0.15) is 0 Å². The van der Waals surface area contributed by atoms with E-state index in [2.05, 4.69) is 15.5 Å². The van der Waals surface area contributed by atoms with Crippen LogP contribution < -0.4 is 0 Å². The molecule has 2 aromatic rings. The molecule has 84 valence electrons. The lowest BCUT2D eigenvalue weighted by Gasteiger charge is -1.93. The van der Waals surface area contributed by atoms with Crippen LogP contribution in [0.3, 0.4) is 0 Å². The van der Waals surface area contributed by atoms with Crippen molar-refractivity contribution >= 4 is 5.97 Å². The average Bonchev–Trinajstić information content (AvgIpc) is 2.87. The van der Waals surface area contributed by atoms with Gasteiger partial charge < -0.3 is 9.63 Å². The summed E-state index contributed by atoms with van der Waals surface area (Å²) in [5.74, 6) is -0.167. The molecule has 0 aromatic carbocycles. The summed E-state index contributed by atoms with van der Waals surface area (Å²) in [4.78, 5) is 10.4. The fraction of sp³-hybridized carbons (Fsp3) is 0.333. The van der Waals surface area contributed by atoms with Gasteiger partial charge in [-0.25, -0.2) is 4.68 Å². The van der Waals surface area contributed by atoms with Crippen LogP contribution in [0, 0.1) is 0 Å². The summed E-state index contributed by atoms with van der Waals surface area (Å²) in [5.41, 5.74) is 0.655. The molecule has 0 aliphatic rings. The van der Waals surface area contributed by atoms with E-state index in [0.29, 0.717) is 24.4 Å². The van der Waals surface area contributed by atoms with Crippen LogP contribution in [-0.2, 0) is 17.8 Å². The molecule has 0 spiro atoms. The average molecular weight is 222 g/mol. The molecule has 0 aliphatic carbocycles. The summed E-state index contributed by atoms with van der Waals surface area (Å²) in [6.07, 6.45) is 3.69. The summed E-state index contributed by atoms with van der Waals surface area (Å²) in [6, 6.07) is 1.73. The summed E-state index contributed by atoms with van der Waals surface area (Å²) < 4.78 is 6.49. The predicted molar refractivity (Wildman–Crippen MR) is 51.6 cm³/mol. The first-order valence-electron chi connectivity index (χ1n) is 4.74. The van der Waals surface area contributed by atoms with Gasteiger partial charge in [0.15, 0.2) is 5.76 Å². The fourth-order valence-electron chi connectivity index (χ4n) is 1.25. The summed E-state index contributed by atoms with van der Waals surface area (Å²) in [6.45, 7) is 0.445. The molecule has 0 saturated heterocycles. The Kier molecular flexibility index (Phi) is 2.95. The number of hydrogen-bond acceptors (Lipinski definition) is 5. The van der Waals surface area contributed by atoms with E-state index in [1.165, 1.54) is 0 Å². The van der Waals surface area contributed by atoms with Crippen molar-refractivity contribution in [3.8, 4) is 0 Å². The van der Waals surface area contributed by atoms with Crippen molar-refractivity contribution in [2.24, 2.45) is 0 Å². The van der Waals surface area contributed by atoms with Gasteiger partial charge in [0.1, 0.15) is 6.54 Å². The Hall–Kier alpha value is -2.18. The Morgan fingerprint density at radius 2 is 2.44 bits per heavy atom. The molecule has 1 N–H and O–H groups in total. The standard InChI is InChI=1S/C9H10N4O3/c14-9(15)2-1-7-5-13(12-11-7)6-8-3-4-10-16-8/h3-5H,1-2,6H2,(H,14,15). The van der Waals surface area contributed by atoms with E-state index < -0.39 is 5.97 Å². The van der Waals surface area contributed by atoms with Crippen LogP contribution in [0.4, 0.5) is 0 Å². The second-order valence-corrected chi connectivity index (χ2v) is 3.28. The van der Waals surface area contributed by atoms with Gasteiger partial charge >= 0.3 is 5.97 Å². The van der Waals surface area contributed by atoms with Crippen LogP contribution >= 0.6 is 0 Å². The van der Waals surface area contributed by atoms with Crippen LogP contribution in [0.15, 0.2) is 23.0 Å². The number of hydrogen-bond donors (Lipinski definition) is 1. The number of carboxylic acids is 1. The molecule has 2 rings (SSSR count). The van der Waals surface area contributed by atoms with Crippen LogP contribution in [0.2, 0.25) is 0 Å². The number of rotatable bonds is 5. The maximum atomic E-state index is 10.4. The van der Waals surface area contributed by atoms with Gasteiger partial charge in [0.25, 0.3) is 0 Å². The second-order valence-electron chi connectivity index (χ2n) is 3.28. The first kappa shape index (κ1) is 10.3. The maximum Gasteiger partial charge on any atom is 0.303 e. The van der Waals surface area contributed by atoms with Crippen molar-refractivity contribution in [3.05, 3.63) is 29.9 Å². The van der Waals surface area contributed by atoms with Crippen LogP contribution in [0.25, 0.3) is 0 Å². The van der Waals surface area contributed by atoms with Gasteiger partial charge in [-0.05, 0) is 0 Å². The van der Waals surface area contributed by atoms with Crippen LogP contribution in [0.5, 0.6) is 0 Å². The molecule has 2 aromatic heterocycles. The lowest BCUT2D eigenvalue weighted by Crippen LogP contribution is -1.99. The molecule has 7 heteroatoms. The molecule has 0 saturated carbocycles. The highest BCUT2D eigenvalue weighted by Crippen LogP contribution is 2.02. The molecule has 0 unspecified atom stereocenters. The third-order valence-electron chi connectivity index (χ3n) is 1.99. The molecule has 0 aliphatic heterocycles. The lowest BCUT2D eigenvalue weighted by molar-refractivity contribution is -0.136. The lowest BCUT2D eigenvalue weighted by atomic mass is 10.2. The molecule has 0 atom stereocenters. The SMILES string of the molecule is O=C(O)CCc1cn(Cc2ccno2)nn1. The van der Waals surface area contributed by atoms with E-state index in [0.717, 1.165) is 0 Å². The quantitative estimate of drug-likeness (QED) is 0.783. The van der Waals surface area contributed by atoms with Gasteiger partial charge in [-0.15, -0.1) is 5.10 Å². The Morgan fingerprint density at radius 1 is 1.56 bits per heavy atom. The predicted octanol–water partition coefficient (Wildman–Crippen LogP) is 0.332. The normalized spacial score (nSPS) is 10.5. The van der Waals surface area contributed by atoms with Crippen molar-refractivity contribution in [2.45, 2.75) is 19.4 Å². The van der Waals surface area contributed by atoms with Crippen molar-refractivity contribution in [1.29, 1.82) is 0 Å².